The lowest BCUT2D eigenvalue weighted by Gasteiger charge is -2.43. The maximum atomic E-state index is 6.73. The van der Waals surface area contributed by atoms with Gasteiger partial charge in [0.2, 0.25) is 0 Å². The van der Waals surface area contributed by atoms with E-state index in [2.05, 4.69) is 121 Å². The first-order valence-electron chi connectivity index (χ1n) is 23.1. The zero-order chi connectivity index (χ0) is 40.2. The fourth-order valence-electron chi connectivity index (χ4n) is 12.3. The van der Waals surface area contributed by atoms with Crippen molar-refractivity contribution >= 4 is 11.7 Å². The van der Waals surface area contributed by atoms with E-state index in [-0.39, 0.29) is 18.0 Å². The van der Waals surface area contributed by atoms with Gasteiger partial charge in [-0.05, 0) is 166 Å². The second-order valence-corrected chi connectivity index (χ2v) is 18.6. The summed E-state index contributed by atoms with van der Waals surface area (Å²) in [5, 5.41) is 3.94. The molecular formula is C56H57N3O. The van der Waals surface area contributed by atoms with Crippen molar-refractivity contribution in [3.8, 4) is 18.1 Å². The number of aliphatic imine (C=N–C) groups is 2. The number of fused-ring (bicyclic) bond motifs is 8. The third-order valence-electron chi connectivity index (χ3n) is 15.2. The lowest BCUT2D eigenvalue weighted by atomic mass is 9.63. The quantitative estimate of drug-likeness (QED) is 0.231. The summed E-state index contributed by atoms with van der Waals surface area (Å²) >= 11 is 0. The van der Waals surface area contributed by atoms with Gasteiger partial charge >= 0.3 is 0 Å². The molecule has 2 bridgehead atoms. The van der Waals surface area contributed by atoms with E-state index in [0.29, 0.717) is 17.8 Å². The van der Waals surface area contributed by atoms with E-state index >= 15 is 0 Å². The Bertz CT molecular complexity index is 2500. The van der Waals surface area contributed by atoms with Gasteiger partial charge in [-0.2, -0.15) is 0 Å². The largest absolute Gasteiger partial charge is 0.457 e. The van der Waals surface area contributed by atoms with E-state index in [1.54, 1.807) is 5.57 Å². The number of ether oxygens (including phenoxy) is 1. The predicted molar refractivity (Wildman–Crippen MR) is 246 cm³/mol. The Morgan fingerprint density at radius 1 is 0.817 bits per heavy atom. The number of terminal acetylenes is 1. The third-order valence-corrected chi connectivity index (χ3v) is 15.2. The molecule has 0 aromatic heterocycles. The molecule has 1 aromatic rings. The molecule has 11 rings (SSSR count). The molecule has 8 aliphatic carbocycles. The lowest BCUT2D eigenvalue weighted by Crippen LogP contribution is -2.46. The molecule has 7 unspecified atom stereocenters. The summed E-state index contributed by atoms with van der Waals surface area (Å²) in [7, 11) is 0. The Morgan fingerprint density at radius 3 is 2.60 bits per heavy atom. The Kier molecular flexibility index (Phi) is 9.75. The highest BCUT2D eigenvalue weighted by Crippen LogP contribution is 2.63. The Hall–Kier alpha value is -5.40. The molecule has 2 aliphatic heterocycles. The summed E-state index contributed by atoms with van der Waals surface area (Å²) in [5.41, 5.74) is 13.1. The molecule has 1 aromatic carbocycles. The van der Waals surface area contributed by atoms with Crippen LogP contribution in [0.3, 0.4) is 0 Å². The van der Waals surface area contributed by atoms with E-state index < -0.39 is 5.41 Å². The van der Waals surface area contributed by atoms with Crippen molar-refractivity contribution in [1.29, 1.82) is 0 Å². The molecule has 4 nitrogen and oxygen atoms in total. The van der Waals surface area contributed by atoms with Crippen LogP contribution in [0.1, 0.15) is 102 Å². The van der Waals surface area contributed by atoms with Gasteiger partial charge in [0.25, 0.3) is 0 Å². The van der Waals surface area contributed by atoms with E-state index in [1.165, 1.54) is 82.3 Å². The van der Waals surface area contributed by atoms with Gasteiger partial charge in [-0.1, -0.05) is 96.5 Å². The molecule has 2 heterocycles. The molecule has 1 spiro atoms. The van der Waals surface area contributed by atoms with E-state index in [4.69, 9.17) is 21.1 Å². The second kappa shape index (κ2) is 15.6. The van der Waals surface area contributed by atoms with Gasteiger partial charge in [0.1, 0.15) is 23.2 Å². The first kappa shape index (κ1) is 37.6. The molecule has 1 saturated carbocycles. The van der Waals surface area contributed by atoms with Gasteiger partial charge in [0.05, 0.1) is 5.41 Å². The van der Waals surface area contributed by atoms with E-state index in [9.17, 15) is 0 Å². The van der Waals surface area contributed by atoms with Crippen LogP contribution in [0, 0.1) is 41.9 Å². The Morgan fingerprint density at radius 2 is 1.72 bits per heavy atom. The molecule has 1 fully saturated rings. The van der Waals surface area contributed by atoms with Gasteiger partial charge in [-0.3, -0.25) is 0 Å². The van der Waals surface area contributed by atoms with Gasteiger partial charge in [0.15, 0.2) is 6.17 Å². The average molecular weight is 788 g/mol. The minimum Gasteiger partial charge on any atom is -0.457 e. The van der Waals surface area contributed by atoms with Crippen molar-refractivity contribution in [2.75, 3.05) is 0 Å². The van der Waals surface area contributed by atoms with Crippen LogP contribution < -0.4 is 10.1 Å². The van der Waals surface area contributed by atoms with Crippen LogP contribution in [-0.4, -0.2) is 17.8 Å². The maximum absolute atomic E-state index is 6.73. The first-order valence-corrected chi connectivity index (χ1v) is 23.1. The van der Waals surface area contributed by atoms with Crippen molar-refractivity contribution in [1.82, 2.24) is 5.32 Å². The zero-order valence-corrected chi connectivity index (χ0v) is 35.1. The molecule has 0 radical (unpaired) electrons. The van der Waals surface area contributed by atoms with Crippen LogP contribution in [0.5, 0.6) is 5.75 Å². The minimum atomic E-state index is -0.463. The molecule has 7 atom stereocenters. The zero-order valence-electron chi connectivity index (χ0n) is 35.1. The Balaban J connectivity index is 1.05. The van der Waals surface area contributed by atoms with Crippen LogP contribution in [0.4, 0.5) is 0 Å². The number of hydrogen-bond acceptors (Lipinski definition) is 4. The van der Waals surface area contributed by atoms with Crippen molar-refractivity contribution in [2.45, 2.75) is 108 Å². The summed E-state index contributed by atoms with van der Waals surface area (Å²) in [5.74, 6) is 8.89. The lowest BCUT2D eigenvalue weighted by molar-refractivity contribution is 0.226. The summed E-state index contributed by atoms with van der Waals surface area (Å²) in [6, 6.07) is 8.73. The summed E-state index contributed by atoms with van der Waals surface area (Å²) < 4.78 is 6.73. The van der Waals surface area contributed by atoms with Crippen molar-refractivity contribution in [2.24, 2.45) is 39.6 Å². The molecule has 10 aliphatic rings. The molecule has 1 N–H and O–H groups in total. The summed E-state index contributed by atoms with van der Waals surface area (Å²) in [6.45, 7) is 2.34. The van der Waals surface area contributed by atoms with Crippen molar-refractivity contribution < 1.29 is 4.74 Å². The summed E-state index contributed by atoms with van der Waals surface area (Å²) in [6.07, 6.45) is 55.2. The number of nitrogens with zero attached hydrogens (tertiary/aromatic N) is 2. The van der Waals surface area contributed by atoms with E-state index in [0.717, 1.165) is 81.0 Å². The van der Waals surface area contributed by atoms with Crippen LogP contribution in [0.15, 0.2) is 175 Å². The fraction of sp³-hybridized carbons (Fsp3) is 0.393. The number of benzene rings is 1. The van der Waals surface area contributed by atoms with Crippen LogP contribution in [-0.2, 0) is 5.41 Å². The highest BCUT2D eigenvalue weighted by molar-refractivity contribution is 6.11. The molecule has 0 saturated heterocycles. The normalized spacial score (nSPS) is 32.9. The highest BCUT2D eigenvalue weighted by Gasteiger charge is 2.54. The van der Waals surface area contributed by atoms with Crippen LogP contribution in [0.2, 0.25) is 0 Å². The number of allylic oxidation sites excluding steroid dienone is 20. The predicted octanol–water partition coefficient (Wildman–Crippen LogP) is 12.7. The number of para-hydroxylation sites is 1. The van der Waals surface area contributed by atoms with Crippen molar-refractivity contribution in [3.05, 3.63) is 171 Å². The number of hydrogen-bond donors (Lipinski definition) is 1. The standard InChI is InChI=1S/C56H57N3O/c1-3-4-25-45-36(2)56(47-27-13-15-29-50(47)60-51-30-16-14-28-48(51)56)49-35-39(24-17-26-46(45)49)43-32-42(37-18-7-5-8-19-37)33-44(34-43)54-57-53(38-20-9-6-10-21-38)58-55(59-54)52-40-22-11-12-23-41(52)31-40/h1,4,7,9,13,15,18-20,22,25-30,32,34-35,38-39,41-42,52,55H,5-6,8,10-12,14,16-17,21,23-24,31,33H2,2H3,(H,57,58,59)/b25-4-. The SMILES string of the molecule is C#C/C=C\C1=C(C)C2(C3=CCCC=C3Oc3ccccc32)C2=CC(C3=CC(C4=CCCC=C4)CC(C4=NC(C5C6=CCCCC5C6)N=C(C5C=CCCC5)N4)=C3)CCC=C21. The molecule has 302 valence electrons. The number of amidine groups is 2. The van der Waals surface area contributed by atoms with Crippen LogP contribution >= 0.6 is 0 Å². The molecule has 0 amide bonds. The van der Waals surface area contributed by atoms with Crippen molar-refractivity contribution in [3.63, 3.8) is 0 Å². The second-order valence-electron chi connectivity index (χ2n) is 18.6. The molecule has 60 heavy (non-hydrogen) atoms. The van der Waals surface area contributed by atoms with Gasteiger partial charge in [-0.25, -0.2) is 9.98 Å². The highest BCUT2D eigenvalue weighted by atomic mass is 16.5. The van der Waals surface area contributed by atoms with Gasteiger partial charge in [-0.15, -0.1) is 6.42 Å². The average Bonchev–Trinajstić information content (AvgIpc) is 3.67. The fourth-order valence-corrected chi connectivity index (χ4v) is 12.3. The molecular weight excluding hydrogens is 731 g/mol. The smallest absolute Gasteiger partial charge is 0.150 e. The summed E-state index contributed by atoms with van der Waals surface area (Å²) in [4.78, 5) is 11.2. The van der Waals surface area contributed by atoms with Gasteiger partial charge in [0, 0.05) is 34.8 Å². The minimum absolute atomic E-state index is 0.0505. The Labute approximate surface area is 357 Å². The third kappa shape index (κ3) is 6.26. The monoisotopic (exact) mass is 787 g/mol. The topological polar surface area (TPSA) is 46.0 Å². The van der Waals surface area contributed by atoms with E-state index in [1.807, 2.05) is 6.08 Å². The van der Waals surface area contributed by atoms with Crippen LogP contribution in [0.25, 0.3) is 0 Å². The maximum Gasteiger partial charge on any atom is 0.150 e. The number of rotatable bonds is 6. The number of nitrogens with one attached hydrogen (secondary N) is 1. The first-order chi connectivity index (χ1) is 29.6. The van der Waals surface area contributed by atoms with Gasteiger partial charge < -0.3 is 10.1 Å². The molecule has 4 heteroatoms.